The third-order valence-electron chi connectivity index (χ3n) is 2.72. The molecule has 0 unspecified atom stereocenters. The van der Waals surface area contributed by atoms with E-state index >= 15 is 0 Å². The van der Waals surface area contributed by atoms with E-state index in [2.05, 4.69) is 4.90 Å². The first kappa shape index (κ1) is 12.0. The van der Waals surface area contributed by atoms with E-state index in [0.717, 1.165) is 25.9 Å². The molecule has 1 atom stereocenters. The van der Waals surface area contributed by atoms with Crippen molar-refractivity contribution in [1.82, 2.24) is 9.80 Å². The van der Waals surface area contributed by atoms with E-state index in [1.807, 2.05) is 25.1 Å². The normalized spacial score (nSPS) is 20.7. The van der Waals surface area contributed by atoms with Crippen LogP contribution in [0.25, 0.3) is 0 Å². The minimum Gasteiger partial charge on any atom is -0.338 e. The summed E-state index contributed by atoms with van der Waals surface area (Å²) in [7, 11) is 4.05. The van der Waals surface area contributed by atoms with Crippen LogP contribution in [0.4, 0.5) is 0 Å². The Morgan fingerprint density at radius 2 is 2.33 bits per heavy atom. The number of carbonyl (C=O) groups is 1. The van der Waals surface area contributed by atoms with Crippen molar-refractivity contribution in [1.29, 1.82) is 5.26 Å². The molecular formula is C11H19N3O. The number of nitrogens with zero attached hydrogens (tertiary/aromatic N) is 3. The number of hydrogen-bond acceptors (Lipinski definition) is 3. The highest BCUT2D eigenvalue weighted by Crippen LogP contribution is 2.18. The fourth-order valence-corrected chi connectivity index (χ4v) is 2.08. The van der Waals surface area contributed by atoms with E-state index < -0.39 is 0 Å². The molecule has 0 spiro atoms. The average Bonchev–Trinajstić information content (AvgIpc) is 2.61. The summed E-state index contributed by atoms with van der Waals surface area (Å²) in [5.41, 5.74) is 0. The molecule has 1 heterocycles. The summed E-state index contributed by atoms with van der Waals surface area (Å²) in [4.78, 5) is 15.8. The Balaban J connectivity index is 2.45. The quantitative estimate of drug-likeness (QED) is 0.689. The maximum atomic E-state index is 11.8. The van der Waals surface area contributed by atoms with Gasteiger partial charge in [0.15, 0.2) is 0 Å². The van der Waals surface area contributed by atoms with E-state index in [0.29, 0.717) is 18.9 Å². The van der Waals surface area contributed by atoms with E-state index in [-0.39, 0.29) is 5.91 Å². The van der Waals surface area contributed by atoms with Gasteiger partial charge in [0.25, 0.3) is 0 Å². The zero-order valence-electron chi connectivity index (χ0n) is 9.57. The molecule has 0 N–H and O–H groups in total. The minimum absolute atomic E-state index is 0.140. The van der Waals surface area contributed by atoms with Crippen LogP contribution >= 0.6 is 0 Å². The summed E-state index contributed by atoms with van der Waals surface area (Å²) in [6, 6.07) is 2.37. The molecule has 0 aromatic heterocycles. The standard InChI is InChI=1S/C11H19N3O/c1-13(2)9-10-5-4-8-14(10)11(15)6-3-7-12/h10H,3-6,8-9H2,1-2H3/t10-/m1/s1. The van der Waals surface area contributed by atoms with Gasteiger partial charge in [-0.3, -0.25) is 4.79 Å². The van der Waals surface area contributed by atoms with Gasteiger partial charge in [-0.25, -0.2) is 0 Å². The van der Waals surface area contributed by atoms with E-state index in [9.17, 15) is 4.79 Å². The van der Waals surface area contributed by atoms with Crippen molar-refractivity contribution in [2.75, 3.05) is 27.2 Å². The molecule has 1 saturated heterocycles. The van der Waals surface area contributed by atoms with Crippen molar-refractivity contribution in [2.24, 2.45) is 0 Å². The number of nitriles is 1. The number of hydrogen-bond donors (Lipinski definition) is 0. The molecule has 0 bridgehead atoms. The van der Waals surface area contributed by atoms with Crippen molar-refractivity contribution in [2.45, 2.75) is 31.7 Å². The summed E-state index contributed by atoms with van der Waals surface area (Å²) in [5, 5.41) is 8.44. The van der Waals surface area contributed by atoms with Gasteiger partial charge in [0.05, 0.1) is 6.07 Å². The molecule has 4 nitrogen and oxygen atoms in total. The Labute approximate surface area is 91.5 Å². The molecule has 1 fully saturated rings. The summed E-state index contributed by atoms with van der Waals surface area (Å²) < 4.78 is 0. The third kappa shape index (κ3) is 3.52. The maximum Gasteiger partial charge on any atom is 0.223 e. The van der Waals surface area contributed by atoms with E-state index in [1.165, 1.54) is 0 Å². The van der Waals surface area contributed by atoms with Gasteiger partial charge in [-0.1, -0.05) is 0 Å². The number of likely N-dealkylation sites (tertiary alicyclic amines) is 1. The zero-order valence-corrected chi connectivity index (χ0v) is 9.57. The Hall–Kier alpha value is -1.08. The Morgan fingerprint density at radius 3 is 2.93 bits per heavy atom. The van der Waals surface area contributed by atoms with Gasteiger partial charge in [-0.2, -0.15) is 5.26 Å². The lowest BCUT2D eigenvalue weighted by Gasteiger charge is -2.26. The molecule has 0 radical (unpaired) electrons. The van der Waals surface area contributed by atoms with E-state index in [1.54, 1.807) is 0 Å². The first-order valence-electron chi connectivity index (χ1n) is 5.46. The zero-order chi connectivity index (χ0) is 11.3. The van der Waals surface area contributed by atoms with Crippen LogP contribution in [0.5, 0.6) is 0 Å². The summed E-state index contributed by atoms with van der Waals surface area (Å²) in [5.74, 6) is 0.140. The highest BCUT2D eigenvalue weighted by atomic mass is 16.2. The summed E-state index contributed by atoms with van der Waals surface area (Å²) in [6.07, 6.45) is 2.90. The molecule has 1 rings (SSSR count). The van der Waals surface area contributed by atoms with Gasteiger partial charge in [0.2, 0.25) is 5.91 Å². The predicted molar refractivity (Wildman–Crippen MR) is 58.1 cm³/mol. The smallest absolute Gasteiger partial charge is 0.223 e. The monoisotopic (exact) mass is 209 g/mol. The Bertz CT molecular complexity index is 257. The predicted octanol–water partition coefficient (Wildman–Crippen LogP) is 0.843. The van der Waals surface area contributed by atoms with E-state index in [4.69, 9.17) is 5.26 Å². The Kier molecular flexibility index (Phi) is 4.57. The van der Waals surface area contributed by atoms with Crippen LogP contribution in [0.1, 0.15) is 25.7 Å². The summed E-state index contributed by atoms with van der Waals surface area (Å²) >= 11 is 0. The van der Waals surface area contributed by atoms with Crippen LogP contribution in [0, 0.1) is 11.3 Å². The molecule has 1 amide bonds. The first-order chi connectivity index (χ1) is 7.15. The molecule has 1 aliphatic rings. The van der Waals surface area contributed by atoms with Crippen molar-refractivity contribution >= 4 is 5.91 Å². The van der Waals surface area contributed by atoms with Gasteiger partial charge < -0.3 is 9.80 Å². The maximum absolute atomic E-state index is 11.8. The lowest BCUT2D eigenvalue weighted by atomic mass is 10.2. The topological polar surface area (TPSA) is 47.3 Å². The SMILES string of the molecule is CN(C)C[C@H]1CCCN1C(=O)CCC#N. The van der Waals surface area contributed by atoms with Gasteiger partial charge in [0, 0.05) is 32.0 Å². The van der Waals surface area contributed by atoms with Crippen LogP contribution in [0.2, 0.25) is 0 Å². The molecule has 1 aliphatic heterocycles. The Morgan fingerprint density at radius 1 is 1.60 bits per heavy atom. The van der Waals surface area contributed by atoms with Gasteiger partial charge >= 0.3 is 0 Å². The fourth-order valence-electron chi connectivity index (χ4n) is 2.08. The van der Waals surface area contributed by atoms with Gasteiger partial charge in [-0.15, -0.1) is 0 Å². The van der Waals surface area contributed by atoms with Gasteiger partial charge in [-0.05, 0) is 26.9 Å². The number of rotatable bonds is 4. The molecule has 84 valence electrons. The van der Waals surface area contributed by atoms with Crippen LogP contribution < -0.4 is 0 Å². The van der Waals surface area contributed by atoms with Crippen LogP contribution in [0.15, 0.2) is 0 Å². The van der Waals surface area contributed by atoms with Crippen molar-refractivity contribution < 1.29 is 4.79 Å². The highest BCUT2D eigenvalue weighted by molar-refractivity contribution is 5.77. The first-order valence-corrected chi connectivity index (χ1v) is 5.46. The lowest BCUT2D eigenvalue weighted by Crippen LogP contribution is -2.41. The highest BCUT2D eigenvalue weighted by Gasteiger charge is 2.28. The fraction of sp³-hybridized carbons (Fsp3) is 0.818. The number of carbonyl (C=O) groups excluding carboxylic acids is 1. The minimum atomic E-state index is 0.140. The van der Waals surface area contributed by atoms with Crippen molar-refractivity contribution in [3.63, 3.8) is 0 Å². The number of amides is 1. The summed E-state index contributed by atoms with van der Waals surface area (Å²) in [6.45, 7) is 1.79. The molecule has 0 saturated carbocycles. The van der Waals surface area contributed by atoms with Crippen LogP contribution in [0.3, 0.4) is 0 Å². The molecule has 0 aromatic rings. The lowest BCUT2D eigenvalue weighted by molar-refractivity contribution is -0.132. The molecule has 0 aromatic carbocycles. The van der Waals surface area contributed by atoms with Crippen LogP contribution in [-0.2, 0) is 4.79 Å². The van der Waals surface area contributed by atoms with Gasteiger partial charge in [0.1, 0.15) is 0 Å². The average molecular weight is 209 g/mol. The second-order valence-corrected chi connectivity index (χ2v) is 4.30. The second kappa shape index (κ2) is 5.72. The second-order valence-electron chi connectivity index (χ2n) is 4.30. The molecular weight excluding hydrogens is 190 g/mol. The molecule has 15 heavy (non-hydrogen) atoms. The molecule has 4 heteroatoms. The molecule has 0 aliphatic carbocycles. The van der Waals surface area contributed by atoms with Crippen LogP contribution in [-0.4, -0.2) is 48.9 Å². The van der Waals surface area contributed by atoms with Crippen molar-refractivity contribution in [3.05, 3.63) is 0 Å². The largest absolute Gasteiger partial charge is 0.338 e. The number of likely N-dealkylation sites (N-methyl/N-ethyl adjacent to an activating group) is 1. The van der Waals surface area contributed by atoms with Crippen molar-refractivity contribution in [3.8, 4) is 6.07 Å². The third-order valence-corrected chi connectivity index (χ3v) is 2.72.